The molecule has 1 atom stereocenters. The number of hydrogen-bond donors (Lipinski definition) is 5. The van der Waals surface area contributed by atoms with Gasteiger partial charge in [-0.05, 0) is 25.9 Å². The predicted octanol–water partition coefficient (Wildman–Crippen LogP) is -1.72. The Hall–Kier alpha value is -1.56. The first kappa shape index (κ1) is 25.5. The molecule has 0 aromatic rings. The Bertz CT molecular complexity index is 614. The highest BCUT2D eigenvalue weighted by Crippen LogP contribution is 2.36. The van der Waals surface area contributed by atoms with Gasteiger partial charge >= 0.3 is 19.5 Å². The lowest BCUT2D eigenvalue weighted by atomic mass is 10.1. The topological polar surface area (TPSA) is 185 Å². The molecule has 1 amide bonds. The quantitative estimate of drug-likeness (QED) is 0.271. The van der Waals surface area contributed by atoms with Gasteiger partial charge in [-0.1, -0.05) is 6.42 Å². The molecule has 1 aliphatic rings. The summed E-state index contributed by atoms with van der Waals surface area (Å²) in [5.74, 6) is -2.72. The van der Waals surface area contributed by atoms with Crippen LogP contribution in [0.2, 0.25) is 0 Å². The van der Waals surface area contributed by atoms with Crippen LogP contribution in [0, 0.1) is 0 Å². The standard InChI is InChI=1S/C16H31N4O8P/c17-14(21)9-20-5-3-1-2-4-18(10-15(22)23)6-7-19(11-16(24)25)8-13(20)12-29(26,27)28/h13H,1-12H2,(H2,17,21)(H,22,23)(H,24,25)(H2,26,27,28). The molecule has 0 radical (unpaired) electrons. The molecule has 1 rings (SSSR count). The van der Waals surface area contributed by atoms with Gasteiger partial charge in [-0.15, -0.1) is 0 Å². The third-order valence-corrected chi connectivity index (χ3v) is 5.56. The van der Waals surface area contributed by atoms with Crippen LogP contribution in [0.3, 0.4) is 0 Å². The van der Waals surface area contributed by atoms with E-state index in [1.807, 2.05) is 0 Å². The molecule has 1 aliphatic heterocycles. The van der Waals surface area contributed by atoms with Crippen LogP contribution in [0.4, 0.5) is 0 Å². The van der Waals surface area contributed by atoms with Crippen LogP contribution >= 0.6 is 7.60 Å². The zero-order valence-electron chi connectivity index (χ0n) is 16.4. The molecule has 1 unspecified atom stereocenters. The molecule has 1 saturated heterocycles. The molecule has 0 spiro atoms. The van der Waals surface area contributed by atoms with Crippen molar-refractivity contribution in [2.75, 3.05) is 58.5 Å². The minimum absolute atomic E-state index is 0.00556. The van der Waals surface area contributed by atoms with Gasteiger partial charge in [0.2, 0.25) is 5.91 Å². The van der Waals surface area contributed by atoms with Crippen molar-refractivity contribution >= 4 is 25.4 Å². The smallest absolute Gasteiger partial charge is 0.327 e. The van der Waals surface area contributed by atoms with Gasteiger partial charge in [-0.3, -0.25) is 33.6 Å². The molecule has 0 aromatic carbocycles. The van der Waals surface area contributed by atoms with E-state index >= 15 is 0 Å². The van der Waals surface area contributed by atoms with Crippen molar-refractivity contribution in [3.05, 3.63) is 0 Å². The van der Waals surface area contributed by atoms with Gasteiger partial charge in [0.15, 0.2) is 0 Å². The molecule has 0 aliphatic carbocycles. The Morgan fingerprint density at radius 1 is 0.862 bits per heavy atom. The van der Waals surface area contributed by atoms with Gasteiger partial charge < -0.3 is 25.7 Å². The molecular weight excluding hydrogens is 407 g/mol. The first-order chi connectivity index (χ1) is 13.5. The number of carbonyl (C=O) groups excluding carboxylic acids is 1. The second-order valence-electron chi connectivity index (χ2n) is 7.30. The van der Waals surface area contributed by atoms with Gasteiger partial charge in [-0.2, -0.15) is 0 Å². The highest BCUT2D eigenvalue weighted by atomic mass is 31.2. The van der Waals surface area contributed by atoms with Crippen LogP contribution in [0.5, 0.6) is 0 Å². The Labute approximate surface area is 169 Å². The second-order valence-corrected chi connectivity index (χ2v) is 8.99. The van der Waals surface area contributed by atoms with Crippen LogP contribution in [-0.4, -0.2) is 117 Å². The fourth-order valence-corrected chi connectivity index (χ4v) is 4.34. The fourth-order valence-electron chi connectivity index (χ4n) is 3.45. The minimum Gasteiger partial charge on any atom is -0.480 e. The lowest BCUT2D eigenvalue weighted by Gasteiger charge is -2.36. The summed E-state index contributed by atoms with van der Waals surface area (Å²) in [7, 11) is -4.44. The van der Waals surface area contributed by atoms with Crippen LogP contribution in [0.25, 0.3) is 0 Å². The van der Waals surface area contributed by atoms with E-state index in [0.717, 1.165) is 6.42 Å². The van der Waals surface area contributed by atoms with E-state index in [4.69, 9.17) is 10.8 Å². The predicted molar refractivity (Wildman–Crippen MR) is 103 cm³/mol. The summed E-state index contributed by atoms with van der Waals surface area (Å²) >= 11 is 0. The van der Waals surface area contributed by atoms with Crippen LogP contribution in [-0.2, 0) is 18.9 Å². The Morgan fingerprint density at radius 3 is 1.97 bits per heavy atom. The van der Waals surface area contributed by atoms with Crippen LogP contribution in [0.15, 0.2) is 0 Å². The number of nitrogens with two attached hydrogens (primary N) is 1. The summed E-state index contributed by atoms with van der Waals surface area (Å²) in [5, 5.41) is 18.3. The third kappa shape index (κ3) is 11.9. The molecular formula is C16H31N4O8P. The van der Waals surface area contributed by atoms with E-state index < -0.39 is 37.6 Å². The lowest BCUT2D eigenvalue weighted by molar-refractivity contribution is -0.140. The minimum atomic E-state index is -4.44. The number of rotatable bonds is 8. The van der Waals surface area contributed by atoms with Crippen molar-refractivity contribution in [2.45, 2.75) is 25.3 Å². The van der Waals surface area contributed by atoms with E-state index in [0.29, 0.717) is 32.5 Å². The third-order valence-electron chi connectivity index (χ3n) is 4.66. The molecule has 29 heavy (non-hydrogen) atoms. The second kappa shape index (κ2) is 12.2. The van der Waals surface area contributed by atoms with Gasteiger partial charge in [-0.25, -0.2) is 0 Å². The number of carbonyl (C=O) groups is 3. The van der Waals surface area contributed by atoms with Crippen molar-refractivity contribution in [3.8, 4) is 0 Å². The van der Waals surface area contributed by atoms with Gasteiger partial charge in [0.1, 0.15) is 0 Å². The summed E-state index contributed by atoms with van der Waals surface area (Å²) < 4.78 is 11.7. The van der Waals surface area contributed by atoms with Crippen molar-refractivity contribution in [1.82, 2.24) is 14.7 Å². The number of carboxylic acid groups (broad SMARTS) is 2. The van der Waals surface area contributed by atoms with Crippen molar-refractivity contribution < 1.29 is 38.9 Å². The number of aliphatic carboxylic acids is 2. The van der Waals surface area contributed by atoms with Crippen molar-refractivity contribution in [1.29, 1.82) is 0 Å². The maximum atomic E-state index is 11.7. The van der Waals surface area contributed by atoms with E-state index in [9.17, 15) is 33.8 Å². The molecule has 0 aromatic heterocycles. The average Bonchev–Trinajstić information content (AvgIpc) is 2.53. The summed E-state index contributed by atoms with van der Waals surface area (Å²) in [4.78, 5) is 57.6. The number of amides is 1. The molecule has 0 bridgehead atoms. The molecule has 1 heterocycles. The summed E-state index contributed by atoms with van der Waals surface area (Å²) in [5.41, 5.74) is 5.30. The highest BCUT2D eigenvalue weighted by molar-refractivity contribution is 7.51. The molecule has 13 heteroatoms. The summed E-state index contributed by atoms with van der Waals surface area (Å²) in [6, 6.07) is -0.768. The molecule has 6 N–H and O–H groups in total. The number of carboxylic acids is 2. The first-order valence-electron chi connectivity index (χ1n) is 9.41. The SMILES string of the molecule is NC(=O)CN1CCCCCN(CC(=O)O)CCN(CC(=O)O)CC1CP(=O)(O)O. The maximum Gasteiger partial charge on any atom is 0.327 e. The van der Waals surface area contributed by atoms with Crippen molar-refractivity contribution in [2.24, 2.45) is 5.73 Å². The van der Waals surface area contributed by atoms with Crippen LogP contribution < -0.4 is 5.73 Å². The van der Waals surface area contributed by atoms with E-state index in [1.54, 1.807) is 9.80 Å². The Kier molecular flexibility index (Phi) is 10.7. The van der Waals surface area contributed by atoms with Crippen LogP contribution in [0.1, 0.15) is 19.3 Å². The summed E-state index contributed by atoms with van der Waals surface area (Å²) in [6.07, 6.45) is 1.55. The molecule has 168 valence electrons. The Balaban J connectivity index is 3.07. The van der Waals surface area contributed by atoms with E-state index in [2.05, 4.69) is 0 Å². The van der Waals surface area contributed by atoms with Crippen molar-refractivity contribution in [3.63, 3.8) is 0 Å². The van der Waals surface area contributed by atoms with Gasteiger partial charge in [0.05, 0.1) is 25.8 Å². The maximum absolute atomic E-state index is 11.7. The number of primary amides is 1. The van der Waals surface area contributed by atoms with E-state index in [-0.39, 0.29) is 32.7 Å². The Morgan fingerprint density at radius 2 is 1.41 bits per heavy atom. The lowest BCUT2D eigenvalue weighted by Crippen LogP contribution is -2.51. The first-order valence-corrected chi connectivity index (χ1v) is 11.2. The fraction of sp³-hybridized carbons (Fsp3) is 0.812. The largest absolute Gasteiger partial charge is 0.480 e. The zero-order valence-corrected chi connectivity index (χ0v) is 17.2. The monoisotopic (exact) mass is 438 g/mol. The average molecular weight is 438 g/mol. The van der Waals surface area contributed by atoms with Gasteiger partial charge in [0, 0.05) is 25.7 Å². The number of nitrogens with zero attached hydrogens (tertiary/aromatic N) is 3. The summed E-state index contributed by atoms with van der Waals surface area (Å²) in [6.45, 7) is 0.702. The highest BCUT2D eigenvalue weighted by Gasteiger charge is 2.30. The zero-order chi connectivity index (χ0) is 22.0. The molecule has 1 fully saturated rings. The molecule has 12 nitrogen and oxygen atoms in total. The molecule has 0 saturated carbocycles. The number of hydrogen-bond acceptors (Lipinski definition) is 7. The van der Waals surface area contributed by atoms with Gasteiger partial charge in [0.25, 0.3) is 0 Å². The normalized spacial score (nSPS) is 21.8. The van der Waals surface area contributed by atoms with E-state index in [1.165, 1.54) is 4.90 Å².